The fourth-order valence-electron chi connectivity index (χ4n) is 0.736. The lowest BCUT2D eigenvalue weighted by atomic mass is 10.3. The molecule has 0 aromatic heterocycles. The molecule has 0 amide bonds. The summed E-state index contributed by atoms with van der Waals surface area (Å²) >= 11 is 0. The Morgan fingerprint density at radius 2 is 2.50 bits per heavy atom. The molecule has 1 aliphatic rings. The van der Waals surface area contributed by atoms with Crippen LogP contribution in [0.3, 0.4) is 0 Å². The summed E-state index contributed by atoms with van der Waals surface area (Å²) in [6.45, 7) is 5.92. The van der Waals surface area contributed by atoms with Gasteiger partial charge in [0.25, 0.3) is 0 Å². The van der Waals surface area contributed by atoms with Gasteiger partial charge >= 0.3 is 0 Å². The van der Waals surface area contributed by atoms with Crippen molar-refractivity contribution in [3.8, 4) is 0 Å². The zero-order chi connectivity index (χ0) is 7.40. The molecule has 0 atom stereocenters. The van der Waals surface area contributed by atoms with Crippen LogP contribution in [0.25, 0.3) is 0 Å². The molecule has 0 fully saturated rings. The molecule has 1 aliphatic heterocycles. The fraction of sp³-hybridized carbons (Fsp3) is 0.286. The fourth-order valence-corrected chi connectivity index (χ4v) is 0.736. The minimum Gasteiger partial charge on any atom is -0.265 e. The number of hydrogen-bond acceptors (Lipinski definition) is 3. The molecule has 52 valence electrons. The SMILES string of the molecule is C=NC1=C(/C=C\C)N=NC1. The van der Waals surface area contributed by atoms with Gasteiger partial charge in [-0.05, 0) is 19.7 Å². The molecule has 1 rings (SSSR count). The van der Waals surface area contributed by atoms with Gasteiger partial charge in [-0.1, -0.05) is 6.08 Å². The van der Waals surface area contributed by atoms with E-state index in [1.165, 1.54) is 0 Å². The molecule has 0 bridgehead atoms. The highest BCUT2D eigenvalue weighted by Crippen LogP contribution is 2.16. The summed E-state index contributed by atoms with van der Waals surface area (Å²) in [6.07, 6.45) is 3.78. The van der Waals surface area contributed by atoms with Crippen LogP contribution < -0.4 is 0 Å². The number of hydrogen-bond donors (Lipinski definition) is 0. The van der Waals surface area contributed by atoms with Crippen LogP contribution in [0.1, 0.15) is 6.92 Å². The first-order chi connectivity index (χ1) is 4.88. The van der Waals surface area contributed by atoms with Crippen LogP contribution in [-0.2, 0) is 0 Å². The van der Waals surface area contributed by atoms with E-state index in [2.05, 4.69) is 21.9 Å². The highest BCUT2D eigenvalue weighted by atomic mass is 15.2. The number of aliphatic imine (C=N–C) groups is 1. The molecular weight excluding hydrogens is 126 g/mol. The highest BCUT2D eigenvalue weighted by Gasteiger charge is 2.05. The lowest BCUT2D eigenvalue weighted by molar-refractivity contribution is 1.09. The minimum absolute atomic E-state index is 0.573. The van der Waals surface area contributed by atoms with Crippen molar-refractivity contribution >= 4 is 6.72 Å². The number of rotatable bonds is 2. The van der Waals surface area contributed by atoms with Crippen LogP contribution in [0.4, 0.5) is 0 Å². The van der Waals surface area contributed by atoms with Gasteiger partial charge in [0.15, 0.2) is 0 Å². The molecule has 0 saturated carbocycles. The molecule has 0 aliphatic carbocycles. The average molecular weight is 135 g/mol. The van der Waals surface area contributed by atoms with Crippen LogP contribution >= 0.6 is 0 Å². The van der Waals surface area contributed by atoms with E-state index >= 15 is 0 Å². The van der Waals surface area contributed by atoms with Gasteiger partial charge in [0.05, 0.1) is 5.70 Å². The predicted molar refractivity (Wildman–Crippen MR) is 41.1 cm³/mol. The van der Waals surface area contributed by atoms with Gasteiger partial charge < -0.3 is 0 Å². The minimum atomic E-state index is 0.573. The van der Waals surface area contributed by atoms with Crippen LogP contribution in [0, 0.1) is 0 Å². The Hall–Kier alpha value is -1.25. The standard InChI is InChI=1S/C7H9N3/c1-3-4-6-7(8-2)5-9-10-6/h3-4H,2,5H2,1H3/b4-3-. The van der Waals surface area contributed by atoms with Gasteiger partial charge in [-0.15, -0.1) is 0 Å². The van der Waals surface area contributed by atoms with Gasteiger partial charge in [0, 0.05) is 0 Å². The monoisotopic (exact) mass is 135 g/mol. The smallest absolute Gasteiger partial charge is 0.108 e. The molecular formula is C7H9N3. The van der Waals surface area contributed by atoms with Crippen molar-refractivity contribution in [1.82, 2.24) is 0 Å². The predicted octanol–water partition coefficient (Wildman–Crippen LogP) is 1.94. The van der Waals surface area contributed by atoms with Crippen LogP contribution in [0.15, 0.2) is 38.8 Å². The Balaban J connectivity index is 2.86. The first-order valence-electron chi connectivity index (χ1n) is 3.08. The summed E-state index contributed by atoms with van der Waals surface area (Å²) in [7, 11) is 0. The zero-order valence-electron chi connectivity index (χ0n) is 5.91. The van der Waals surface area contributed by atoms with Gasteiger partial charge in [-0.25, -0.2) is 0 Å². The van der Waals surface area contributed by atoms with Crippen LogP contribution in [-0.4, -0.2) is 13.3 Å². The molecule has 0 radical (unpaired) electrons. The van der Waals surface area contributed by atoms with Crippen molar-refractivity contribution in [3.63, 3.8) is 0 Å². The Labute approximate surface area is 59.9 Å². The molecule has 0 spiro atoms. The second-order valence-electron chi connectivity index (χ2n) is 1.89. The average Bonchev–Trinajstić information content (AvgIpc) is 2.36. The van der Waals surface area contributed by atoms with E-state index in [-0.39, 0.29) is 0 Å². The van der Waals surface area contributed by atoms with Gasteiger partial charge in [0.2, 0.25) is 0 Å². The van der Waals surface area contributed by atoms with E-state index < -0.39 is 0 Å². The Morgan fingerprint density at radius 1 is 1.70 bits per heavy atom. The largest absolute Gasteiger partial charge is 0.265 e. The lowest BCUT2D eigenvalue weighted by Crippen LogP contribution is -1.79. The third kappa shape index (κ3) is 1.18. The molecule has 10 heavy (non-hydrogen) atoms. The number of azo groups is 1. The summed E-state index contributed by atoms with van der Waals surface area (Å²) in [5.74, 6) is 0. The summed E-state index contributed by atoms with van der Waals surface area (Å²) in [5, 5.41) is 7.66. The van der Waals surface area contributed by atoms with Crippen molar-refractivity contribution < 1.29 is 0 Å². The molecule has 1 heterocycles. The zero-order valence-corrected chi connectivity index (χ0v) is 5.91. The van der Waals surface area contributed by atoms with Crippen molar-refractivity contribution in [3.05, 3.63) is 23.5 Å². The summed E-state index contributed by atoms with van der Waals surface area (Å²) < 4.78 is 0. The first-order valence-corrected chi connectivity index (χ1v) is 3.08. The molecule has 0 unspecified atom stereocenters. The molecule has 0 saturated heterocycles. The van der Waals surface area contributed by atoms with E-state index in [1.807, 2.05) is 19.1 Å². The Bertz CT molecular complexity index is 223. The molecule has 0 aromatic rings. The summed E-state index contributed by atoms with van der Waals surface area (Å²) in [6, 6.07) is 0. The normalized spacial score (nSPS) is 17.3. The van der Waals surface area contributed by atoms with Crippen LogP contribution in [0.2, 0.25) is 0 Å². The summed E-state index contributed by atoms with van der Waals surface area (Å²) in [4.78, 5) is 3.78. The van der Waals surface area contributed by atoms with Crippen molar-refractivity contribution in [2.24, 2.45) is 15.2 Å². The Morgan fingerprint density at radius 3 is 3.10 bits per heavy atom. The van der Waals surface area contributed by atoms with Crippen molar-refractivity contribution in [2.75, 3.05) is 6.54 Å². The molecule has 0 N–H and O–H groups in total. The number of allylic oxidation sites excluding steroid dienone is 2. The second kappa shape index (κ2) is 3.06. The van der Waals surface area contributed by atoms with Crippen molar-refractivity contribution in [2.45, 2.75) is 6.92 Å². The van der Waals surface area contributed by atoms with E-state index in [0.29, 0.717) is 6.54 Å². The maximum Gasteiger partial charge on any atom is 0.108 e. The van der Waals surface area contributed by atoms with Gasteiger partial charge in [-0.2, -0.15) is 10.2 Å². The lowest BCUT2D eigenvalue weighted by Gasteiger charge is -1.88. The topological polar surface area (TPSA) is 37.1 Å². The molecule has 3 heteroatoms. The molecule has 0 aromatic carbocycles. The Kier molecular flexibility index (Phi) is 2.10. The number of nitrogens with zero attached hydrogens (tertiary/aromatic N) is 3. The second-order valence-corrected chi connectivity index (χ2v) is 1.89. The van der Waals surface area contributed by atoms with Gasteiger partial charge in [0.1, 0.15) is 12.2 Å². The van der Waals surface area contributed by atoms with E-state index in [4.69, 9.17) is 0 Å². The van der Waals surface area contributed by atoms with E-state index in [0.717, 1.165) is 11.4 Å². The maximum absolute atomic E-state index is 3.86. The van der Waals surface area contributed by atoms with E-state index in [1.54, 1.807) is 0 Å². The van der Waals surface area contributed by atoms with Gasteiger partial charge in [-0.3, -0.25) is 4.99 Å². The highest BCUT2D eigenvalue weighted by molar-refractivity contribution is 5.35. The molecule has 3 nitrogen and oxygen atoms in total. The maximum atomic E-state index is 3.86. The first kappa shape index (κ1) is 6.86. The van der Waals surface area contributed by atoms with Crippen molar-refractivity contribution in [1.29, 1.82) is 0 Å². The van der Waals surface area contributed by atoms with E-state index in [9.17, 15) is 0 Å². The van der Waals surface area contributed by atoms with Crippen LogP contribution in [0.5, 0.6) is 0 Å². The third-order valence-corrected chi connectivity index (χ3v) is 1.21. The summed E-state index contributed by atoms with van der Waals surface area (Å²) in [5.41, 5.74) is 1.69. The third-order valence-electron chi connectivity index (χ3n) is 1.21. The quantitative estimate of drug-likeness (QED) is 0.519.